The molecule has 2 N–H and O–H groups in total. The van der Waals surface area contributed by atoms with Crippen molar-refractivity contribution in [1.82, 2.24) is 9.80 Å². The first-order valence-electron chi connectivity index (χ1n) is 8.63. The van der Waals surface area contributed by atoms with E-state index in [9.17, 15) is 13.2 Å². The summed E-state index contributed by atoms with van der Waals surface area (Å²) in [5.74, 6) is 0. The van der Waals surface area contributed by atoms with Gasteiger partial charge in [0.1, 0.15) is 0 Å². The second kappa shape index (κ2) is 8.54. The Morgan fingerprint density at radius 3 is 2.24 bits per heavy atom. The second-order valence-electron chi connectivity index (χ2n) is 6.08. The molecule has 0 unspecified atom stereocenters. The Kier molecular flexibility index (Phi) is 6.67. The lowest BCUT2D eigenvalue weighted by atomic mass is 10.00. The minimum Gasteiger partial charge on any atom is -0.368 e. The van der Waals surface area contributed by atoms with Gasteiger partial charge in [-0.05, 0) is 42.4 Å². The van der Waals surface area contributed by atoms with Crippen LogP contribution in [-0.2, 0) is 6.18 Å². The van der Waals surface area contributed by atoms with Crippen LogP contribution in [0.3, 0.4) is 0 Å². The standard InChI is InChI=1S/C19H26F3N3/c1-3-24(4-2)11-12-25-14-16(7-10-18(25)13-23)15-5-8-17(9-6-15)19(20,21)22/h5-10H,3-4,11-14,23H2,1-2H3. The molecule has 0 aliphatic carbocycles. The lowest BCUT2D eigenvalue weighted by molar-refractivity contribution is -0.137. The van der Waals surface area contributed by atoms with E-state index in [1.807, 2.05) is 12.2 Å². The van der Waals surface area contributed by atoms with Crippen molar-refractivity contribution in [3.05, 3.63) is 53.2 Å². The maximum atomic E-state index is 12.7. The molecule has 0 radical (unpaired) electrons. The summed E-state index contributed by atoms with van der Waals surface area (Å²) in [4.78, 5) is 4.55. The van der Waals surface area contributed by atoms with Gasteiger partial charge >= 0.3 is 6.18 Å². The highest BCUT2D eigenvalue weighted by atomic mass is 19.4. The van der Waals surface area contributed by atoms with Gasteiger partial charge in [0, 0.05) is 31.9 Å². The van der Waals surface area contributed by atoms with Crippen molar-refractivity contribution < 1.29 is 13.2 Å². The number of nitrogens with two attached hydrogens (primary N) is 1. The van der Waals surface area contributed by atoms with Crippen molar-refractivity contribution in [2.45, 2.75) is 20.0 Å². The zero-order valence-corrected chi connectivity index (χ0v) is 14.8. The quantitative estimate of drug-likeness (QED) is 0.813. The van der Waals surface area contributed by atoms with Crippen LogP contribution in [0.4, 0.5) is 13.2 Å². The number of allylic oxidation sites excluding steroid dienone is 2. The van der Waals surface area contributed by atoms with Gasteiger partial charge in [-0.3, -0.25) is 0 Å². The van der Waals surface area contributed by atoms with Gasteiger partial charge in [0.2, 0.25) is 0 Å². The Balaban J connectivity index is 2.12. The molecule has 1 aromatic carbocycles. The largest absolute Gasteiger partial charge is 0.416 e. The van der Waals surface area contributed by atoms with E-state index in [2.05, 4.69) is 23.6 Å². The molecular formula is C19H26F3N3. The van der Waals surface area contributed by atoms with Crippen molar-refractivity contribution in [2.24, 2.45) is 5.73 Å². The Labute approximate surface area is 147 Å². The highest BCUT2D eigenvalue weighted by Gasteiger charge is 2.30. The Hall–Kier alpha value is -1.79. The van der Waals surface area contributed by atoms with Crippen molar-refractivity contribution in [3.8, 4) is 0 Å². The van der Waals surface area contributed by atoms with Crippen LogP contribution in [0.2, 0.25) is 0 Å². The maximum absolute atomic E-state index is 12.7. The van der Waals surface area contributed by atoms with Crippen LogP contribution in [0.1, 0.15) is 25.0 Å². The molecule has 138 valence electrons. The highest BCUT2D eigenvalue weighted by molar-refractivity contribution is 5.70. The molecule has 1 aromatic rings. The summed E-state index contributed by atoms with van der Waals surface area (Å²) in [5, 5.41) is 0. The Morgan fingerprint density at radius 2 is 1.72 bits per heavy atom. The number of hydrogen-bond acceptors (Lipinski definition) is 3. The monoisotopic (exact) mass is 353 g/mol. The minimum atomic E-state index is -4.30. The fourth-order valence-corrected chi connectivity index (χ4v) is 2.94. The van der Waals surface area contributed by atoms with Crippen LogP contribution in [0.25, 0.3) is 5.57 Å². The lowest BCUT2D eigenvalue weighted by Crippen LogP contribution is -2.38. The van der Waals surface area contributed by atoms with E-state index < -0.39 is 11.7 Å². The van der Waals surface area contributed by atoms with Gasteiger partial charge in [0.05, 0.1) is 5.56 Å². The van der Waals surface area contributed by atoms with E-state index in [0.717, 1.165) is 55.1 Å². The maximum Gasteiger partial charge on any atom is 0.416 e. The Morgan fingerprint density at radius 1 is 1.08 bits per heavy atom. The molecule has 0 fully saturated rings. The summed E-state index contributed by atoms with van der Waals surface area (Å²) in [6, 6.07) is 5.36. The van der Waals surface area contributed by atoms with E-state index >= 15 is 0 Å². The normalized spacial score (nSPS) is 15.4. The summed E-state index contributed by atoms with van der Waals surface area (Å²) < 4.78 is 38.1. The van der Waals surface area contributed by atoms with Gasteiger partial charge in [-0.15, -0.1) is 0 Å². The molecule has 0 saturated heterocycles. The molecule has 2 rings (SSSR count). The third kappa shape index (κ3) is 5.09. The van der Waals surface area contributed by atoms with E-state index in [-0.39, 0.29) is 0 Å². The summed E-state index contributed by atoms with van der Waals surface area (Å²) in [6.45, 7) is 9.15. The summed E-state index contributed by atoms with van der Waals surface area (Å²) in [5.41, 5.74) is 8.09. The molecule has 25 heavy (non-hydrogen) atoms. The van der Waals surface area contributed by atoms with Crippen LogP contribution in [-0.4, -0.2) is 49.1 Å². The molecular weight excluding hydrogens is 327 g/mol. The number of alkyl halides is 3. The third-order valence-corrected chi connectivity index (χ3v) is 4.62. The van der Waals surface area contributed by atoms with Crippen molar-refractivity contribution in [1.29, 1.82) is 0 Å². The fraction of sp³-hybridized carbons (Fsp3) is 0.474. The molecule has 0 aromatic heterocycles. The van der Waals surface area contributed by atoms with Crippen LogP contribution >= 0.6 is 0 Å². The van der Waals surface area contributed by atoms with Gasteiger partial charge in [0.25, 0.3) is 0 Å². The summed E-state index contributed by atoms with van der Waals surface area (Å²) in [6.07, 6.45) is -0.376. The predicted octanol–water partition coefficient (Wildman–Crippen LogP) is 3.59. The molecule has 0 saturated carbocycles. The number of hydrogen-bond donors (Lipinski definition) is 1. The molecule has 6 heteroatoms. The number of halogens is 3. The molecule has 0 bridgehead atoms. The van der Waals surface area contributed by atoms with Crippen LogP contribution in [0.5, 0.6) is 0 Å². The van der Waals surface area contributed by atoms with Crippen molar-refractivity contribution in [3.63, 3.8) is 0 Å². The van der Waals surface area contributed by atoms with Crippen LogP contribution in [0.15, 0.2) is 42.1 Å². The summed E-state index contributed by atoms with van der Waals surface area (Å²) in [7, 11) is 0. The zero-order chi connectivity index (χ0) is 18.4. The SMILES string of the molecule is CCN(CC)CCN1CC(c2ccc(C(F)(F)F)cc2)=CC=C1CN. The molecule has 3 nitrogen and oxygen atoms in total. The van der Waals surface area contributed by atoms with Crippen molar-refractivity contribution >= 4 is 5.57 Å². The molecule has 0 atom stereocenters. The van der Waals surface area contributed by atoms with Crippen LogP contribution in [0, 0.1) is 0 Å². The lowest BCUT2D eigenvalue weighted by Gasteiger charge is -2.32. The number of benzene rings is 1. The van der Waals surface area contributed by atoms with E-state index in [1.54, 1.807) is 12.1 Å². The third-order valence-electron chi connectivity index (χ3n) is 4.62. The van der Waals surface area contributed by atoms with E-state index in [0.29, 0.717) is 13.1 Å². The number of nitrogens with zero attached hydrogens (tertiary/aromatic N) is 2. The first-order chi connectivity index (χ1) is 11.9. The number of rotatable bonds is 7. The first kappa shape index (κ1) is 19.5. The van der Waals surface area contributed by atoms with Crippen LogP contribution < -0.4 is 5.73 Å². The molecule has 0 spiro atoms. The molecule has 0 amide bonds. The molecule has 1 aliphatic rings. The minimum absolute atomic E-state index is 0.453. The van der Waals surface area contributed by atoms with Gasteiger partial charge in [-0.1, -0.05) is 32.1 Å². The number of likely N-dealkylation sites (N-methyl/N-ethyl adjacent to an activating group) is 1. The van der Waals surface area contributed by atoms with Crippen molar-refractivity contribution in [2.75, 3.05) is 39.3 Å². The summed E-state index contributed by atoms with van der Waals surface area (Å²) >= 11 is 0. The first-order valence-corrected chi connectivity index (χ1v) is 8.63. The molecule has 1 heterocycles. The van der Waals surface area contributed by atoms with Gasteiger partial charge in [-0.2, -0.15) is 13.2 Å². The van der Waals surface area contributed by atoms with Gasteiger partial charge < -0.3 is 15.5 Å². The second-order valence-corrected chi connectivity index (χ2v) is 6.08. The highest BCUT2D eigenvalue weighted by Crippen LogP contribution is 2.31. The van der Waals surface area contributed by atoms with Gasteiger partial charge in [0.15, 0.2) is 0 Å². The molecule has 1 aliphatic heterocycles. The Bertz CT molecular complexity index is 614. The topological polar surface area (TPSA) is 32.5 Å². The average molecular weight is 353 g/mol. The predicted molar refractivity (Wildman–Crippen MR) is 95.9 cm³/mol. The zero-order valence-electron chi connectivity index (χ0n) is 14.8. The van der Waals surface area contributed by atoms with E-state index in [1.165, 1.54) is 0 Å². The fourth-order valence-electron chi connectivity index (χ4n) is 2.94. The smallest absolute Gasteiger partial charge is 0.368 e. The average Bonchev–Trinajstić information content (AvgIpc) is 2.62. The van der Waals surface area contributed by atoms with Gasteiger partial charge in [-0.25, -0.2) is 0 Å². The van der Waals surface area contributed by atoms with E-state index in [4.69, 9.17) is 5.73 Å².